The van der Waals surface area contributed by atoms with Crippen molar-refractivity contribution in [2.45, 2.75) is 24.8 Å². The van der Waals surface area contributed by atoms with Crippen molar-refractivity contribution in [2.24, 2.45) is 11.8 Å². The summed E-state index contributed by atoms with van der Waals surface area (Å²) < 4.78 is 9.36. The quantitative estimate of drug-likeness (QED) is 0.395. The van der Waals surface area contributed by atoms with Crippen LogP contribution in [0.25, 0.3) is 0 Å². The first kappa shape index (κ1) is 22.5. The Morgan fingerprint density at radius 3 is 2.17 bits per heavy atom. The molecule has 0 spiro atoms. The van der Waals surface area contributed by atoms with Crippen LogP contribution in [0, 0.1) is 11.8 Å². The normalized spacial score (nSPS) is 24.0. The van der Waals surface area contributed by atoms with Crippen LogP contribution in [0.3, 0.4) is 0 Å². The molecule has 0 aliphatic heterocycles. The lowest BCUT2D eigenvalue weighted by Crippen LogP contribution is -2.60. The minimum absolute atomic E-state index is 0.0501. The Kier molecular flexibility index (Phi) is 7.90. The number of benzene rings is 1. The molecule has 1 aliphatic rings. The third-order valence-electron chi connectivity index (χ3n) is 4.83. The summed E-state index contributed by atoms with van der Waals surface area (Å²) in [5.74, 6) is -8.24. The van der Waals surface area contributed by atoms with E-state index in [9.17, 15) is 24.0 Å². The number of carbonyl (C=O) groups is 5. The number of rotatable bonds is 7. The van der Waals surface area contributed by atoms with Gasteiger partial charge in [-0.3, -0.25) is 24.0 Å². The monoisotopic (exact) mass is 423 g/mol. The van der Waals surface area contributed by atoms with E-state index in [2.05, 4.69) is 10.1 Å². The first-order chi connectivity index (χ1) is 13.9. The summed E-state index contributed by atoms with van der Waals surface area (Å²) in [5, 5.41) is 2.58. The van der Waals surface area contributed by atoms with Crippen LogP contribution in [0.15, 0.2) is 30.3 Å². The summed E-state index contributed by atoms with van der Waals surface area (Å²) in [7, 11) is 2.14. The molecule has 8 nitrogen and oxygen atoms in total. The van der Waals surface area contributed by atoms with Crippen molar-refractivity contribution >= 4 is 41.0 Å². The fraction of sp³-hybridized carbons (Fsp3) is 0.450. The number of methoxy groups -OCH3 is 2. The van der Waals surface area contributed by atoms with Crippen molar-refractivity contribution in [1.82, 2.24) is 5.32 Å². The zero-order valence-electron chi connectivity index (χ0n) is 16.1. The highest BCUT2D eigenvalue weighted by Crippen LogP contribution is 2.38. The van der Waals surface area contributed by atoms with Gasteiger partial charge in [0.2, 0.25) is 5.91 Å². The van der Waals surface area contributed by atoms with E-state index in [1.807, 2.05) is 0 Å². The van der Waals surface area contributed by atoms with Crippen LogP contribution in [0.5, 0.6) is 0 Å². The smallest absolute Gasteiger partial charge is 0.323 e. The largest absolute Gasteiger partial charge is 0.468 e. The summed E-state index contributed by atoms with van der Waals surface area (Å²) >= 11 is 5.61. The average molecular weight is 424 g/mol. The lowest BCUT2D eigenvalue weighted by atomic mass is 9.66. The molecule has 1 aliphatic carbocycles. The number of ketones is 2. The molecule has 1 aromatic rings. The molecule has 1 fully saturated rings. The average Bonchev–Trinajstić information content (AvgIpc) is 2.73. The SMILES string of the molecule is COC(=O)C1C(=O)C(NC(=O)CCCCl)C(c2ccccc2)C(C(=O)OC)C1=O. The minimum Gasteiger partial charge on any atom is -0.468 e. The zero-order chi connectivity index (χ0) is 21.6. The Labute approximate surface area is 172 Å². The van der Waals surface area contributed by atoms with Gasteiger partial charge in [0.05, 0.1) is 20.3 Å². The maximum atomic E-state index is 13.1. The molecule has 0 saturated heterocycles. The predicted molar refractivity (Wildman–Crippen MR) is 102 cm³/mol. The predicted octanol–water partition coefficient (Wildman–Crippen LogP) is 1.00. The molecule has 9 heteroatoms. The molecule has 4 atom stereocenters. The van der Waals surface area contributed by atoms with E-state index in [1.165, 1.54) is 0 Å². The van der Waals surface area contributed by atoms with E-state index in [0.29, 0.717) is 12.0 Å². The molecule has 156 valence electrons. The second-order valence-corrected chi connectivity index (χ2v) is 6.91. The first-order valence-electron chi connectivity index (χ1n) is 9.00. The maximum Gasteiger partial charge on any atom is 0.323 e. The van der Waals surface area contributed by atoms with Crippen LogP contribution in [0.4, 0.5) is 0 Å². The number of Topliss-reactive ketones (excluding diaryl/α,β-unsaturated/α-hetero) is 2. The standard InChI is InChI=1S/C20H22ClNO7/c1-28-19(26)14-13(11-7-4-3-5-8-11)16(22-12(23)9-6-10-21)18(25)15(17(14)24)20(27)29-2/h3-5,7-8,13-16H,6,9-10H2,1-2H3,(H,22,23). The summed E-state index contributed by atoms with van der Waals surface area (Å²) in [4.78, 5) is 63.0. The molecule has 1 N–H and O–H groups in total. The van der Waals surface area contributed by atoms with Gasteiger partial charge in [0.15, 0.2) is 17.5 Å². The van der Waals surface area contributed by atoms with Gasteiger partial charge in [0.1, 0.15) is 5.92 Å². The molecule has 1 saturated carbocycles. The van der Waals surface area contributed by atoms with E-state index >= 15 is 0 Å². The second-order valence-electron chi connectivity index (χ2n) is 6.54. The lowest BCUT2D eigenvalue weighted by molar-refractivity contribution is -0.163. The molecule has 29 heavy (non-hydrogen) atoms. The number of nitrogens with one attached hydrogen (secondary N) is 1. The van der Waals surface area contributed by atoms with Gasteiger partial charge in [0, 0.05) is 18.2 Å². The molecule has 2 rings (SSSR count). The van der Waals surface area contributed by atoms with E-state index in [4.69, 9.17) is 16.3 Å². The molecule has 4 unspecified atom stereocenters. The number of hydrogen-bond donors (Lipinski definition) is 1. The van der Waals surface area contributed by atoms with Crippen molar-refractivity contribution in [3.8, 4) is 0 Å². The summed E-state index contributed by atoms with van der Waals surface area (Å²) in [6, 6.07) is 7.07. The molecule has 1 amide bonds. The van der Waals surface area contributed by atoms with E-state index in [-0.39, 0.29) is 12.3 Å². The Bertz CT molecular complexity index is 795. The Morgan fingerprint density at radius 2 is 1.62 bits per heavy atom. The van der Waals surface area contributed by atoms with Crippen LogP contribution in [-0.2, 0) is 33.4 Å². The molecule has 0 radical (unpaired) electrons. The maximum absolute atomic E-state index is 13.1. The number of ether oxygens (including phenoxy) is 2. The molecular weight excluding hydrogens is 402 g/mol. The molecule has 1 aromatic carbocycles. The van der Waals surface area contributed by atoms with Crippen LogP contribution >= 0.6 is 11.6 Å². The third kappa shape index (κ3) is 4.82. The van der Waals surface area contributed by atoms with Gasteiger partial charge in [-0.2, -0.15) is 0 Å². The number of amides is 1. The zero-order valence-corrected chi connectivity index (χ0v) is 16.8. The van der Waals surface area contributed by atoms with Crippen LogP contribution in [-0.4, -0.2) is 55.6 Å². The Balaban J connectivity index is 2.56. The van der Waals surface area contributed by atoms with Crippen molar-refractivity contribution in [3.05, 3.63) is 35.9 Å². The first-order valence-corrected chi connectivity index (χ1v) is 9.54. The van der Waals surface area contributed by atoms with Crippen LogP contribution in [0.1, 0.15) is 24.3 Å². The van der Waals surface area contributed by atoms with Crippen molar-refractivity contribution in [2.75, 3.05) is 20.1 Å². The van der Waals surface area contributed by atoms with Crippen LogP contribution < -0.4 is 5.32 Å². The molecule has 0 bridgehead atoms. The van der Waals surface area contributed by atoms with Crippen molar-refractivity contribution < 1.29 is 33.4 Å². The highest BCUT2D eigenvalue weighted by molar-refractivity contribution is 6.25. The van der Waals surface area contributed by atoms with Gasteiger partial charge in [-0.1, -0.05) is 30.3 Å². The van der Waals surface area contributed by atoms with Gasteiger partial charge >= 0.3 is 11.9 Å². The highest BCUT2D eigenvalue weighted by atomic mass is 35.5. The van der Waals surface area contributed by atoms with Gasteiger partial charge in [-0.05, 0) is 12.0 Å². The second kappa shape index (κ2) is 10.2. The topological polar surface area (TPSA) is 116 Å². The van der Waals surface area contributed by atoms with E-state index in [1.54, 1.807) is 30.3 Å². The molecular formula is C20H22ClNO7. The number of halogens is 1. The summed E-state index contributed by atoms with van der Waals surface area (Å²) in [5.41, 5.74) is 0.482. The Hall–Kier alpha value is -2.74. The fourth-order valence-electron chi connectivity index (χ4n) is 3.48. The highest BCUT2D eigenvalue weighted by Gasteiger charge is 2.56. The summed E-state index contributed by atoms with van der Waals surface area (Å²) in [6.07, 6.45) is 0.429. The van der Waals surface area contributed by atoms with Gasteiger partial charge in [-0.25, -0.2) is 0 Å². The minimum atomic E-state index is -1.82. The van der Waals surface area contributed by atoms with E-state index in [0.717, 1.165) is 14.2 Å². The molecule has 0 heterocycles. The third-order valence-corrected chi connectivity index (χ3v) is 5.10. The van der Waals surface area contributed by atoms with Gasteiger partial charge in [0.25, 0.3) is 0 Å². The number of carbonyl (C=O) groups excluding carboxylic acids is 5. The lowest BCUT2D eigenvalue weighted by Gasteiger charge is -2.38. The molecule has 0 aromatic heterocycles. The van der Waals surface area contributed by atoms with Gasteiger partial charge < -0.3 is 14.8 Å². The van der Waals surface area contributed by atoms with Crippen molar-refractivity contribution in [3.63, 3.8) is 0 Å². The number of alkyl halides is 1. The number of hydrogen-bond acceptors (Lipinski definition) is 7. The van der Waals surface area contributed by atoms with Crippen molar-refractivity contribution in [1.29, 1.82) is 0 Å². The fourth-order valence-corrected chi connectivity index (χ4v) is 3.61. The van der Waals surface area contributed by atoms with Crippen LogP contribution in [0.2, 0.25) is 0 Å². The van der Waals surface area contributed by atoms with E-state index < -0.39 is 53.2 Å². The summed E-state index contributed by atoms with van der Waals surface area (Å²) in [6.45, 7) is 0. The Morgan fingerprint density at radius 1 is 1.00 bits per heavy atom. The number of esters is 2. The van der Waals surface area contributed by atoms with Gasteiger partial charge in [-0.15, -0.1) is 11.6 Å².